The van der Waals surface area contributed by atoms with Gasteiger partial charge in [-0.25, -0.2) is 0 Å². The fourth-order valence-electron chi connectivity index (χ4n) is 2.02. The predicted octanol–water partition coefficient (Wildman–Crippen LogP) is 2.57. The average molecular weight is 252 g/mol. The molecule has 14 heavy (non-hydrogen) atoms. The summed E-state index contributed by atoms with van der Waals surface area (Å²) in [5.74, 6) is 0.204. The SMILES string of the molecule is O=C1c2c(Br)cccc2CN1C1CC1. The van der Waals surface area contributed by atoms with Gasteiger partial charge in [0.2, 0.25) is 0 Å². The Kier molecular flexibility index (Phi) is 1.71. The maximum absolute atomic E-state index is 12.0. The molecule has 0 N–H and O–H groups in total. The highest BCUT2D eigenvalue weighted by molar-refractivity contribution is 9.10. The quantitative estimate of drug-likeness (QED) is 0.752. The van der Waals surface area contributed by atoms with Gasteiger partial charge < -0.3 is 4.90 Å². The summed E-state index contributed by atoms with van der Waals surface area (Å²) in [6.07, 6.45) is 2.36. The number of carbonyl (C=O) groups is 1. The number of amides is 1. The van der Waals surface area contributed by atoms with Crippen molar-refractivity contribution >= 4 is 21.8 Å². The third kappa shape index (κ3) is 1.12. The summed E-state index contributed by atoms with van der Waals surface area (Å²) in [5, 5.41) is 0. The molecule has 1 saturated carbocycles. The van der Waals surface area contributed by atoms with Crippen LogP contribution in [-0.2, 0) is 6.54 Å². The first-order chi connectivity index (χ1) is 6.77. The summed E-state index contributed by atoms with van der Waals surface area (Å²) in [6, 6.07) is 6.49. The van der Waals surface area contributed by atoms with Crippen molar-refractivity contribution in [1.82, 2.24) is 4.90 Å². The lowest BCUT2D eigenvalue weighted by molar-refractivity contribution is 0.0766. The lowest BCUT2D eigenvalue weighted by Crippen LogP contribution is -2.26. The van der Waals surface area contributed by atoms with Crippen LogP contribution in [0.15, 0.2) is 22.7 Å². The minimum atomic E-state index is 0.204. The first-order valence-electron chi connectivity index (χ1n) is 4.86. The number of benzene rings is 1. The van der Waals surface area contributed by atoms with Crippen LogP contribution in [-0.4, -0.2) is 16.8 Å². The zero-order valence-electron chi connectivity index (χ0n) is 7.66. The van der Waals surface area contributed by atoms with Crippen LogP contribution in [0.4, 0.5) is 0 Å². The van der Waals surface area contributed by atoms with E-state index in [1.807, 2.05) is 23.1 Å². The smallest absolute Gasteiger partial charge is 0.255 e. The summed E-state index contributed by atoms with van der Waals surface area (Å²) >= 11 is 3.44. The number of fused-ring (bicyclic) bond motifs is 1. The Morgan fingerprint density at radius 1 is 1.36 bits per heavy atom. The number of rotatable bonds is 1. The molecule has 0 bridgehead atoms. The molecule has 0 atom stereocenters. The second-order valence-electron chi connectivity index (χ2n) is 3.94. The van der Waals surface area contributed by atoms with Gasteiger partial charge >= 0.3 is 0 Å². The molecule has 1 fully saturated rings. The molecule has 0 unspecified atom stereocenters. The van der Waals surface area contributed by atoms with Crippen molar-refractivity contribution in [1.29, 1.82) is 0 Å². The van der Waals surface area contributed by atoms with Crippen LogP contribution >= 0.6 is 15.9 Å². The van der Waals surface area contributed by atoms with Crippen molar-refractivity contribution in [3.63, 3.8) is 0 Å². The number of hydrogen-bond acceptors (Lipinski definition) is 1. The van der Waals surface area contributed by atoms with Gasteiger partial charge in [-0.05, 0) is 40.4 Å². The predicted molar refractivity (Wildman–Crippen MR) is 57.0 cm³/mol. The van der Waals surface area contributed by atoms with E-state index in [1.54, 1.807) is 0 Å². The summed E-state index contributed by atoms with van der Waals surface area (Å²) in [6.45, 7) is 0.804. The third-order valence-electron chi connectivity index (χ3n) is 2.90. The van der Waals surface area contributed by atoms with E-state index in [0.29, 0.717) is 6.04 Å². The van der Waals surface area contributed by atoms with Crippen LogP contribution in [0.2, 0.25) is 0 Å². The van der Waals surface area contributed by atoms with Crippen molar-refractivity contribution in [3.05, 3.63) is 33.8 Å². The van der Waals surface area contributed by atoms with E-state index in [0.717, 1.165) is 22.1 Å². The minimum absolute atomic E-state index is 0.204. The second-order valence-corrected chi connectivity index (χ2v) is 4.79. The molecule has 1 aliphatic heterocycles. The molecule has 1 aromatic carbocycles. The molecule has 72 valence electrons. The van der Waals surface area contributed by atoms with Gasteiger partial charge in [-0.15, -0.1) is 0 Å². The van der Waals surface area contributed by atoms with Crippen LogP contribution in [0.25, 0.3) is 0 Å². The number of halogens is 1. The maximum Gasteiger partial charge on any atom is 0.255 e. The van der Waals surface area contributed by atoms with Crippen LogP contribution in [0.5, 0.6) is 0 Å². The Balaban J connectivity index is 2.06. The van der Waals surface area contributed by atoms with Crippen molar-refractivity contribution < 1.29 is 4.79 Å². The number of carbonyl (C=O) groups excluding carboxylic acids is 1. The maximum atomic E-state index is 12.0. The number of hydrogen-bond donors (Lipinski definition) is 0. The Hall–Kier alpha value is -0.830. The molecule has 0 aromatic heterocycles. The first-order valence-corrected chi connectivity index (χ1v) is 5.65. The lowest BCUT2D eigenvalue weighted by Gasteiger charge is -2.13. The summed E-state index contributed by atoms with van der Waals surface area (Å²) in [5.41, 5.74) is 2.04. The fraction of sp³-hybridized carbons (Fsp3) is 0.364. The van der Waals surface area contributed by atoms with Gasteiger partial charge in [0.1, 0.15) is 0 Å². The van der Waals surface area contributed by atoms with Crippen LogP contribution in [0.1, 0.15) is 28.8 Å². The lowest BCUT2D eigenvalue weighted by atomic mass is 10.1. The van der Waals surface area contributed by atoms with E-state index in [9.17, 15) is 4.79 Å². The normalized spacial score (nSPS) is 20.1. The summed E-state index contributed by atoms with van der Waals surface area (Å²) in [7, 11) is 0. The molecule has 0 radical (unpaired) electrons. The van der Waals surface area contributed by atoms with Gasteiger partial charge in [-0.2, -0.15) is 0 Å². The molecule has 0 spiro atoms. The highest BCUT2D eigenvalue weighted by Crippen LogP contribution is 2.36. The first kappa shape index (κ1) is 8.48. The number of nitrogens with zero attached hydrogens (tertiary/aromatic N) is 1. The largest absolute Gasteiger partial charge is 0.331 e. The van der Waals surface area contributed by atoms with Gasteiger partial charge in [-0.3, -0.25) is 4.79 Å². The molecule has 3 rings (SSSR count). The Bertz CT molecular complexity index is 412. The van der Waals surface area contributed by atoms with Gasteiger partial charge in [-0.1, -0.05) is 12.1 Å². The van der Waals surface area contributed by atoms with Crippen LogP contribution < -0.4 is 0 Å². The van der Waals surface area contributed by atoms with Gasteiger partial charge in [0, 0.05) is 17.1 Å². The van der Waals surface area contributed by atoms with Crippen molar-refractivity contribution in [3.8, 4) is 0 Å². The molecule has 2 nitrogen and oxygen atoms in total. The minimum Gasteiger partial charge on any atom is -0.331 e. The molecule has 2 aliphatic rings. The van der Waals surface area contributed by atoms with Crippen molar-refractivity contribution in [2.24, 2.45) is 0 Å². The highest BCUT2D eigenvalue weighted by Gasteiger charge is 2.38. The van der Waals surface area contributed by atoms with E-state index in [1.165, 1.54) is 12.8 Å². The highest BCUT2D eigenvalue weighted by atomic mass is 79.9. The molecular weight excluding hydrogens is 242 g/mol. The molecule has 0 saturated heterocycles. The van der Waals surface area contributed by atoms with Crippen molar-refractivity contribution in [2.75, 3.05) is 0 Å². The Morgan fingerprint density at radius 2 is 2.14 bits per heavy atom. The third-order valence-corrected chi connectivity index (χ3v) is 3.56. The monoisotopic (exact) mass is 251 g/mol. The molecule has 1 amide bonds. The fourth-order valence-corrected chi connectivity index (χ4v) is 2.60. The van der Waals surface area contributed by atoms with E-state index >= 15 is 0 Å². The Labute approximate surface area is 91.0 Å². The average Bonchev–Trinajstić information content (AvgIpc) is 2.93. The van der Waals surface area contributed by atoms with Crippen LogP contribution in [0.3, 0.4) is 0 Å². The van der Waals surface area contributed by atoms with Crippen LogP contribution in [0, 0.1) is 0 Å². The van der Waals surface area contributed by atoms with E-state index in [-0.39, 0.29) is 5.91 Å². The topological polar surface area (TPSA) is 20.3 Å². The van der Waals surface area contributed by atoms with E-state index in [4.69, 9.17) is 0 Å². The zero-order chi connectivity index (χ0) is 9.71. The molecule has 1 heterocycles. The second kappa shape index (κ2) is 2.83. The van der Waals surface area contributed by atoms with Crippen molar-refractivity contribution in [2.45, 2.75) is 25.4 Å². The van der Waals surface area contributed by atoms with E-state index in [2.05, 4.69) is 15.9 Å². The summed E-state index contributed by atoms with van der Waals surface area (Å²) < 4.78 is 0.933. The van der Waals surface area contributed by atoms with Gasteiger partial charge in [0.25, 0.3) is 5.91 Å². The Morgan fingerprint density at radius 3 is 2.79 bits per heavy atom. The van der Waals surface area contributed by atoms with E-state index < -0.39 is 0 Å². The molecular formula is C11H10BrNO. The van der Waals surface area contributed by atoms with Gasteiger partial charge in [0.05, 0.1) is 5.56 Å². The zero-order valence-corrected chi connectivity index (χ0v) is 9.25. The summed E-state index contributed by atoms with van der Waals surface area (Å²) in [4.78, 5) is 14.0. The molecule has 1 aromatic rings. The van der Waals surface area contributed by atoms with Gasteiger partial charge in [0.15, 0.2) is 0 Å². The standard InChI is InChI=1S/C11H10BrNO/c12-9-3-1-2-7-6-13(8-4-5-8)11(14)10(7)9/h1-3,8H,4-6H2. The molecule has 3 heteroatoms. The molecule has 1 aliphatic carbocycles.